The summed E-state index contributed by atoms with van der Waals surface area (Å²) in [5, 5.41) is 1.88. The zero-order valence-corrected chi connectivity index (χ0v) is 17.4. The van der Waals surface area contributed by atoms with E-state index in [-0.39, 0.29) is 16.3 Å². The number of nitrogens with zero attached hydrogens (tertiary/aromatic N) is 3. The first-order chi connectivity index (χ1) is 13.5. The molecule has 2 aromatic carbocycles. The highest BCUT2D eigenvalue weighted by Crippen LogP contribution is 2.30. The van der Waals surface area contributed by atoms with E-state index in [1.54, 1.807) is 39.0 Å². The first kappa shape index (κ1) is 20.8. The number of hydrogen-bond donors (Lipinski definition) is 0. The number of urea groups is 1. The molecule has 0 N–H and O–H groups in total. The van der Waals surface area contributed by atoms with Crippen molar-refractivity contribution >= 4 is 52.6 Å². The fourth-order valence-electron chi connectivity index (χ4n) is 2.91. The Kier molecular flexibility index (Phi) is 5.38. The first-order valence-corrected chi connectivity index (χ1v) is 9.36. The maximum atomic E-state index is 13.3. The van der Waals surface area contributed by atoms with Gasteiger partial charge in [-0.3, -0.25) is 14.4 Å². The van der Waals surface area contributed by atoms with Gasteiger partial charge in [-0.25, -0.2) is 14.7 Å². The highest BCUT2D eigenvalue weighted by molar-refractivity contribution is 6.53. The van der Waals surface area contributed by atoms with Crippen LogP contribution in [-0.4, -0.2) is 39.3 Å². The summed E-state index contributed by atoms with van der Waals surface area (Å²) in [6, 6.07) is 11.3. The molecular weight excluding hydrogens is 417 g/mol. The zero-order valence-electron chi connectivity index (χ0n) is 15.8. The number of anilines is 1. The van der Waals surface area contributed by atoms with Gasteiger partial charge in [0, 0.05) is 5.02 Å². The van der Waals surface area contributed by atoms with Gasteiger partial charge in [0.1, 0.15) is 0 Å². The molecule has 1 aliphatic heterocycles. The second-order valence-corrected chi connectivity index (χ2v) is 8.13. The second kappa shape index (κ2) is 7.50. The van der Waals surface area contributed by atoms with E-state index in [1.165, 1.54) is 30.3 Å². The maximum absolute atomic E-state index is 13.3. The van der Waals surface area contributed by atoms with E-state index in [0.29, 0.717) is 10.0 Å². The molecule has 1 fully saturated rings. The number of carbonyl (C=O) groups excluding carboxylic acids is 4. The lowest BCUT2D eigenvalue weighted by Gasteiger charge is -2.39. The monoisotopic (exact) mass is 433 g/mol. The van der Waals surface area contributed by atoms with Crippen LogP contribution in [0.15, 0.2) is 48.5 Å². The summed E-state index contributed by atoms with van der Waals surface area (Å²) in [5.41, 5.74) is -0.764. The van der Waals surface area contributed by atoms with Crippen LogP contribution in [0.3, 0.4) is 0 Å². The van der Waals surface area contributed by atoms with Crippen LogP contribution in [-0.2, 0) is 9.59 Å². The Morgan fingerprint density at radius 1 is 0.931 bits per heavy atom. The second-order valence-electron chi connectivity index (χ2n) is 7.29. The average Bonchev–Trinajstić information content (AvgIpc) is 2.85. The zero-order chi connectivity index (χ0) is 21.5. The number of rotatable bonds is 3. The van der Waals surface area contributed by atoms with Crippen molar-refractivity contribution in [3.8, 4) is 0 Å². The standard InChI is InChI=1S/C20H17Cl2N3O4/c1-20(2,3)25(16(26)14-10-9-12(21)11-15(14)22)24-18(28)17(27)23(19(24)29)13-7-5-4-6-8-13/h4-11H,1-3H3. The van der Waals surface area contributed by atoms with Crippen molar-refractivity contribution in [2.75, 3.05) is 4.90 Å². The number of hydrogen-bond acceptors (Lipinski definition) is 4. The van der Waals surface area contributed by atoms with Crippen LogP contribution >= 0.6 is 23.2 Å². The third kappa shape index (κ3) is 3.71. The summed E-state index contributed by atoms with van der Waals surface area (Å²) in [7, 11) is 0. The van der Waals surface area contributed by atoms with Gasteiger partial charge in [0.15, 0.2) is 0 Å². The number of amides is 5. The molecule has 5 amide bonds. The average molecular weight is 434 g/mol. The smallest absolute Gasteiger partial charge is 0.267 e. The van der Waals surface area contributed by atoms with E-state index in [2.05, 4.69) is 0 Å². The lowest BCUT2D eigenvalue weighted by molar-refractivity contribution is -0.148. The maximum Gasteiger partial charge on any atom is 0.358 e. The van der Waals surface area contributed by atoms with E-state index in [4.69, 9.17) is 23.2 Å². The Morgan fingerprint density at radius 2 is 1.55 bits per heavy atom. The van der Waals surface area contributed by atoms with Gasteiger partial charge < -0.3 is 0 Å². The number of imide groups is 2. The Hall–Kier alpha value is -2.90. The minimum atomic E-state index is -1.13. The molecular formula is C20H17Cl2N3O4. The summed E-state index contributed by atoms with van der Waals surface area (Å²) in [5.74, 6) is -2.90. The molecule has 0 aromatic heterocycles. The lowest BCUT2D eigenvalue weighted by Crippen LogP contribution is -2.58. The Morgan fingerprint density at radius 3 is 2.10 bits per heavy atom. The van der Waals surface area contributed by atoms with Crippen LogP contribution in [0.25, 0.3) is 0 Å². The molecule has 0 atom stereocenters. The fourth-order valence-corrected chi connectivity index (χ4v) is 3.40. The first-order valence-electron chi connectivity index (χ1n) is 8.61. The molecule has 0 bridgehead atoms. The third-order valence-electron chi connectivity index (χ3n) is 4.15. The van der Waals surface area contributed by atoms with E-state index in [0.717, 1.165) is 9.91 Å². The molecule has 0 spiro atoms. The van der Waals surface area contributed by atoms with Crippen molar-refractivity contribution in [3.63, 3.8) is 0 Å². The predicted octanol–water partition coefficient (Wildman–Crippen LogP) is 4.14. The van der Waals surface area contributed by atoms with Crippen molar-refractivity contribution in [3.05, 3.63) is 64.1 Å². The van der Waals surface area contributed by atoms with Crippen molar-refractivity contribution in [2.24, 2.45) is 0 Å². The van der Waals surface area contributed by atoms with Crippen LogP contribution in [0.1, 0.15) is 31.1 Å². The summed E-state index contributed by atoms with van der Waals surface area (Å²) >= 11 is 12.0. The van der Waals surface area contributed by atoms with E-state index in [9.17, 15) is 19.2 Å². The summed E-state index contributed by atoms with van der Waals surface area (Å²) in [6.45, 7) is 4.89. The van der Waals surface area contributed by atoms with Gasteiger partial charge in [0.05, 0.1) is 21.8 Å². The van der Waals surface area contributed by atoms with Gasteiger partial charge in [-0.15, -0.1) is 0 Å². The number of hydrazine groups is 1. The van der Waals surface area contributed by atoms with Gasteiger partial charge in [-0.2, -0.15) is 5.01 Å². The molecule has 150 valence electrons. The number of benzene rings is 2. The van der Waals surface area contributed by atoms with Crippen molar-refractivity contribution < 1.29 is 19.2 Å². The Labute approximate surface area is 177 Å². The van der Waals surface area contributed by atoms with Gasteiger partial charge >= 0.3 is 17.8 Å². The number of para-hydroxylation sites is 1. The van der Waals surface area contributed by atoms with Crippen LogP contribution in [0, 0.1) is 0 Å². The predicted molar refractivity (Wildman–Crippen MR) is 109 cm³/mol. The number of halogens is 2. The molecule has 0 saturated carbocycles. The van der Waals surface area contributed by atoms with Crippen LogP contribution < -0.4 is 4.90 Å². The minimum Gasteiger partial charge on any atom is -0.267 e. The molecule has 7 nitrogen and oxygen atoms in total. The minimum absolute atomic E-state index is 0.0391. The quantitative estimate of drug-likeness (QED) is 0.537. The van der Waals surface area contributed by atoms with Gasteiger partial charge in [0.25, 0.3) is 5.91 Å². The van der Waals surface area contributed by atoms with Gasteiger partial charge in [-0.05, 0) is 51.1 Å². The van der Waals surface area contributed by atoms with E-state index >= 15 is 0 Å². The van der Waals surface area contributed by atoms with E-state index in [1.807, 2.05) is 0 Å². The molecule has 0 unspecified atom stereocenters. The molecule has 0 radical (unpaired) electrons. The topological polar surface area (TPSA) is 78.0 Å². The molecule has 0 aliphatic carbocycles. The molecule has 3 rings (SSSR count). The largest absolute Gasteiger partial charge is 0.358 e. The highest BCUT2D eigenvalue weighted by atomic mass is 35.5. The van der Waals surface area contributed by atoms with Crippen molar-refractivity contribution in [1.82, 2.24) is 10.0 Å². The fraction of sp³-hybridized carbons (Fsp3) is 0.200. The van der Waals surface area contributed by atoms with Gasteiger partial charge in [-0.1, -0.05) is 41.4 Å². The molecule has 9 heteroatoms. The summed E-state index contributed by atoms with van der Waals surface area (Å²) in [4.78, 5) is 52.3. The summed E-state index contributed by atoms with van der Waals surface area (Å²) < 4.78 is 0. The highest BCUT2D eigenvalue weighted by Gasteiger charge is 2.52. The van der Waals surface area contributed by atoms with Crippen LogP contribution in [0.2, 0.25) is 10.0 Å². The van der Waals surface area contributed by atoms with E-state index < -0.39 is 29.3 Å². The Balaban J connectivity index is 2.08. The third-order valence-corrected chi connectivity index (χ3v) is 4.70. The van der Waals surface area contributed by atoms with Crippen LogP contribution in [0.5, 0.6) is 0 Å². The van der Waals surface area contributed by atoms with Crippen LogP contribution in [0.4, 0.5) is 10.5 Å². The Bertz CT molecular complexity index is 1020. The van der Waals surface area contributed by atoms with Gasteiger partial charge in [0.2, 0.25) is 0 Å². The molecule has 29 heavy (non-hydrogen) atoms. The van der Waals surface area contributed by atoms with Crippen molar-refractivity contribution in [2.45, 2.75) is 26.3 Å². The SMILES string of the molecule is CC(C)(C)N(C(=O)c1ccc(Cl)cc1Cl)N1C(=O)C(=O)N(c2ccccc2)C1=O. The molecule has 1 aliphatic rings. The normalized spacial score (nSPS) is 14.6. The summed E-state index contributed by atoms with van der Waals surface area (Å²) in [6.07, 6.45) is 0. The lowest BCUT2D eigenvalue weighted by atomic mass is 10.1. The van der Waals surface area contributed by atoms with Crippen molar-refractivity contribution in [1.29, 1.82) is 0 Å². The molecule has 2 aromatic rings. The molecule has 1 heterocycles. The molecule has 1 saturated heterocycles. The number of carbonyl (C=O) groups is 4.